The van der Waals surface area contributed by atoms with Crippen molar-refractivity contribution in [3.63, 3.8) is 0 Å². The minimum absolute atomic E-state index is 0.0519. The van der Waals surface area contributed by atoms with E-state index < -0.39 is 6.04 Å². The van der Waals surface area contributed by atoms with Crippen LogP contribution < -0.4 is 5.32 Å². The smallest absolute Gasteiger partial charge is 0.328 e. The number of aromatic nitrogens is 2. The molecule has 0 saturated carbocycles. The van der Waals surface area contributed by atoms with Crippen LogP contribution in [0.4, 0.5) is 5.82 Å². The summed E-state index contributed by atoms with van der Waals surface area (Å²) in [4.78, 5) is 27.1. The van der Waals surface area contributed by atoms with E-state index >= 15 is 0 Å². The Hall–Kier alpha value is -3.81. The van der Waals surface area contributed by atoms with Crippen LogP contribution in [0, 0.1) is 5.92 Å². The molecule has 39 heavy (non-hydrogen) atoms. The molecule has 0 aliphatic carbocycles. The summed E-state index contributed by atoms with van der Waals surface area (Å²) >= 11 is 0. The van der Waals surface area contributed by atoms with Gasteiger partial charge in [-0.1, -0.05) is 74.5 Å². The Morgan fingerprint density at radius 1 is 0.846 bits per heavy atom. The highest BCUT2D eigenvalue weighted by molar-refractivity contribution is 5.91. The molecular formula is C32H37N5O2. The fourth-order valence-corrected chi connectivity index (χ4v) is 5.12. The number of hydrogen-bond donors (Lipinski definition) is 1. The molecule has 0 bridgehead atoms. The Morgan fingerprint density at radius 2 is 1.51 bits per heavy atom. The van der Waals surface area contributed by atoms with Gasteiger partial charge < -0.3 is 10.1 Å². The van der Waals surface area contributed by atoms with Crippen molar-refractivity contribution >= 4 is 22.7 Å². The number of carbonyl (C=O) groups excluding carboxylic acids is 1. The molecule has 7 heteroatoms. The standard InChI is InChI=1S/C32H37N5O2/c1-23(2)30(32(38)39-3)35-31-27-14-7-8-15-28(27)33-29(34-31)22-37-18-16-36(17-19-37)21-24-10-9-13-26(20-24)25-11-5-4-6-12-25/h4-15,20,23,30H,16-19,21-22H2,1-3H3,(H,33,34,35)/t30-/m0/s1. The van der Waals surface area contributed by atoms with Crippen molar-refractivity contribution in [2.24, 2.45) is 5.92 Å². The minimum Gasteiger partial charge on any atom is -0.467 e. The van der Waals surface area contributed by atoms with Gasteiger partial charge in [-0.15, -0.1) is 0 Å². The van der Waals surface area contributed by atoms with Crippen molar-refractivity contribution in [1.29, 1.82) is 0 Å². The monoisotopic (exact) mass is 523 g/mol. The van der Waals surface area contributed by atoms with Gasteiger partial charge in [-0.2, -0.15) is 0 Å². The third kappa shape index (κ3) is 6.61. The summed E-state index contributed by atoms with van der Waals surface area (Å²) in [6.07, 6.45) is 0. The first kappa shape index (κ1) is 26.8. The largest absolute Gasteiger partial charge is 0.467 e. The van der Waals surface area contributed by atoms with Crippen LogP contribution in [0.15, 0.2) is 78.9 Å². The molecule has 0 spiro atoms. The van der Waals surface area contributed by atoms with Gasteiger partial charge in [0, 0.05) is 38.1 Å². The van der Waals surface area contributed by atoms with Crippen molar-refractivity contribution in [2.75, 3.05) is 38.6 Å². The fraction of sp³-hybridized carbons (Fsp3) is 0.344. The second-order valence-electron chi connectivity index (χ2n) is 10.5. The van der Waals surface area contributed by atoms with Gasteiger partial charge in [0.05, 0.1) is 19.2 Å². The lowest BCUT2D eigenvalue weighted by Gasteiger charge is -2.34. The van der Waals surface area contributed by atoms with Crippen LogP contribution >= 0.6 is 0 Å². The second-order valence-corrected chi connectivity index (χ2v) is 10.5. The number of methoxy groups -OCH3 is 1. The molecule has 7 nitrogen and oxygen atoms in total. The highest BCUT2D eigenvalue weighted by Crippen LogP contribution is 2.24. The van der Waals surface area contributed by atoms with E-state index in [1.165, 1.54) is 23.8 Å². The summed E-state index contributed by atoms with van der Waals surface area (Å²) in [7, 11) is 1.42. The minimum atomic E-state index is -0.481. The zero-order valence-corrected chi connectivity index (χ0v) is 23.0. The van der Waals surface area contributed by atoms with Crippen LogP contribution in [-0.4, -0.2) is 65.1 Å². The van der Waals surface area contributed by atoms with Gasteiger partial charge in [0.2, 0.25) is 0 Å². The summed E-state index contributed by atoms with van der Waals surface area (Å²) in [5.41, 5.74) is 4.72. The molecule has 1 aliphatic rings. The lowest BCUT2D eigenvalue weighted by atomic mass is 10.0. The van der Waals surface area contributed by atoms with Gasteiger partial charge in [0.1, 0.15) is 17.7 Å². The normalized spacial score (nSPS) is 15.4. The van der Waals surface area contributed by atoms with E-state index in [1.54, 1.807) is 0 Å². The maximum absolute atomic E-state index is 12.4. The summed E-state index contributed by atoms with van der Waals surface area (Å²) in [5.74, 6) is 1.19. The summed E-state index contributed by atoms with van der Waals surface area (Å²) in [5, 5.41) is 4.25. The molecule has 5 rings (SSSR count). The van der Waals surface area contributed by atoms with E-state index in [4.69, 9.17) is 14.7 Å². The topological polar surface area (TPSA) is 70.6 Å². The van der Waals surface area contributed by atoms with Crippen LogP contribution in [0.1, 0.15) is 25.2 Å². The van der Waals surface area contributed by atoms with Crippen LogP contribution in [-0.2, 0) is 22.6 Å². The molecule has 3 aromatic carbocycles. The van der Waals surface area contributed by atoms with Crippen LogP contribution in [0.5, 0.6) is 0 Å². The van der Waals surface area contributed by atoms with E-state index in [1.807, 2.05) is 38.1 Å². The van der Waals surface area contributed by atoms with E-state index in [9.17, 15) is 4.79 Å². The van der Waals surface area contributed by atoms with Gasteiger partial charge >= 0.3 is 5.97 Å². The SMILES string of the molecule is COC(=O)[C@@H](Nc1nc(CN2CCN(Cc3cccc(-c4ccccc4)c3)CC2)nc2ccccc12)C(C)C. The molecule has 4 aromatic rings. The molecule has 0 unspecified atom stereocenters. The first-order chi connectivity index (χ1) is 19.0. The average Bonchev–Trinajstić information content (AvgIpc) is 2.97. The number of carbonyl (C=O) groups is 1. The number of hydrogen-bond acceptors (Lipinski definition) is 7. The van der Waals surface area contributed by atoms with Crippen molar-refractivity contribution in [3.8, 4) is 11.1 Å². The first-order valence-corrected chi connectivity index (χ1v) is 13.7. The number of ether oxygens (including phenoxy) is 1. The second kappa shape index (κ2) is 12.4. The number of rotatable bonds is 9. The number of nitrogens with one attached hydrogen (secondary N) is 1. The van der Waals surface area contributed by atoms with Crippen LogP contribution in [0.3, 0.4) is 0 Å². The molecule has 1 saturated heterocycles. The van der Waals surface area contributed by atoms with Crippen LogP contribution in [0.25, 0.3) is 22.0 Å². The van der Waals surface area contributed by atoms with Crippen LogP contribution in [0.2, 0.25) is 0 Å². The predicted molar refractivity (Wildman–Crippen MR) is 156 cm³/mol. The number of nitrogens with zero attached hydrogens (tertiary/aromatic N) is 4. The number of piperazine rings is 1. The summed E-state index contributed by atoms with van der Waals surface area (Å²) in [6.45, 7) is 9.49. The van der Waals surface area contributed by atoms with Gasteiger partial charge in [0.15, 0.2) is 0 Å². The van der Waals surface area contributed by atoms with Gasteiger partial charge in [0.25, 0.3) is 0 Å². The van der Waals surface area contributed by atoms with E-state index in [-0.39, 0.29) is 11.9 Å². The van der Waals surface area contributed by atoms with Gasteiger partial charge in [-0.05, 0) is 40.8 Å². The van der Waals surface area contributed by atoms with E-state index in [0.717, 1.165) is 49.5 Å². The summed E-state index contributed by atoms with van der Waals surface area (Å²) < 4.78 is 5.03. The van der Waals surface area contributed by atoms with Crippen molar-refractivity contribution in [3.05, 3.63) is 90.3 Å². The Morgan fingerprint density at radius 3 is 2.23 bits per heavy atom. The highest BCUT2D eigenvalue weighted by atomic mass is 16.5. The maximum Gasteiger partial charge on any atom is 0.328 e. The third-order valence-electron chi connectivity index (χ3n) is 7.33. The van der Waals surface area contributed by atoms with Gasteiger partial charge in [-0.25, -0.2) is 14.8 Å². The summed E-state index contributed by atoms with van der Waals surface area (Å²) in [6, 6.07) is 26.8. The van der Waals surface area contributed by atoms with E-state index in [2.05, 4.69) is 69.7 Å². The zero-order chi connectivity index (χ0) is 27.2. The number of esters is 1. The fourth-order valence-electron chi connectivity index (χ4n) is 5.12. The predicted octanol–water partition coefficient (Wildman–Crippen LogP) is 5.22. The Labute approximate surface area is 230 Å². The molecule has 1 aliphatic heterocycles. The Balaban J connectivity index is 1.24. The van der Waals surface area contributed by atoms with Crippen molar-refractivity contribution in [2.45, 2.75) is 33.0 Å². The third-order valence-corrected chi connectivity index (χ3v) is 7.33. The lowest BCUT2D eigenvalue weighted by Crippen LogP contribution is -2.45. The molecule has 1 atom stereocenters. The zero-order valence-electron chi connectivity index (χ0n) is 23.0. The quantitative estimate of drug-likeness (QED) is 0.302. The number of fused-ring (bicyclic) bond motifs is 1. The Bertz CT molecular complexity index is 1400. The molecule has 1 N–H and O–H groups in total. The molecule has 1 aromatic heterocycles. The number of anilines is 1. The highest BCUT2D eigenvalue weighted by Gasteiger charge is 2.25. The molecule has 202 valence electrons. The van der Waals surface area contributed by atoms with Crippen molar-refractivity contribution < 1.29 is 9.53 Å². The molecule has 0 amide bonds. The molecule has 2 heterocycles. The Kier molecular flexibility index (Phi) is 8.49. The lowest BCUT2D eigenvalue weighted by molar-refractivity contribution is -0.142. The molecule has 0 radical (unpaired) electrons. The molecule has 1 fully saturated rings. The number of benzene rings is 3. The number of para-hydroxylation sites is 1. The first-order valence-electron chi connectivity index (χ1n) is 13.7. The average molecular weight is 524 g/mol. The van der Waals surface area contributed by atoms with Crippen molar-refractivity contribution in [1.82, 2.24) is 19.8 Å². The van der Waals surface area contributed by atoms with E-state index in [0.29, 0.717) is 12.4 Å². The maximum atomic E-state index is 12.4. The molecular weight excluding hydrogens is 486 g/mol. The van der Waals surface area contributed by atoms with Gasteiger partial charge in [-0.3, -0.25) is 9.80 Å².